The summed E-state index contributed by atoms with van der Waals surface area (Å²) in [5.41, 5.74) is -0.0699. The summed E-state index contributed by atoms with van der Waals surface area (Å²) in [6.07, 6.45) is -4.75. The molecule has 1 unspecified atom stereocenters. The molecule has 0 aliphatic rings. The van der Waals surface area contributed by atoms with Crippen molar-refractivity contribution < 1.29 is 27.9 Å². The van der Waals surface area contributed by atoms with Crippen molar-refractivity contribution >= 4 is 23.4 Å². The third-order valence-electron chi connectivity index (χ3n) is 1.73. The van der Waals surface area contributed by atoms with Crippen LogP contribution < -0.4 is 0 Å². The molecule has 0 saturated heterocycles. The van der Waals surface area contributed by atoms with Crippen molar-refractivity contribution in [3.05, 3.63) is 11.6 Å². The van der Waals surface area contributed by atoms with Gasteiger partial charge >= 0.3 is 12.1 Å². The number of Topliss-reactive ketones (excluding diaryl/α,β-unsaturated/α-hetero) is 1. The molecule has 3 nitrogen and oxygen atoms in total. The Bertz CT molecular complexity index is 310. The molecule has 0 heterocycles. The lowest BCUT2D eigenvalue weighted by Crippen LogP contribution is -2.23. The quantitative estimate of drug-likeness (QED) is 0.609. The zero-order valence-corrected chi connectivity index (χ0v) is 9.10. The number of carbonyl (C=O) groups is 2. The summed E-state index contributed by atoms with van der Waals surface area (Å²) >= 11 is 5.55. The third-order valence-corrected chi connectivity index (χ3v) is 2.08. The topological polar surface area (TPSA) is 54.4 Å². The molecule has 1 N–H and O–H groups in total. The van der Waals surface area contributed by atoms with Crippen LogP contribution >= 0.6 is 11.6 Å². The van der Waals surface area contributed by atoms with E-state index in [0.29, 0.717) is 0 Å². The van der Waals surface area contributed by atoms with Crippen LogP contribution in [-0.4, -0.2) is 28.4 Å². The standard InChI is InChI=1S/C9H10ClF3O3/c1-5(8(15)16)4-6(10)2-3-7(14)9(11,12)13/h4,6H,2-3H2,1H3,(H,15,16). The van der Waals surface area contributed by atoms with E-state index < -0.39 is 29.7 Å². The largest absolute Gasteiger partial charge is 0.478 e. The first kappa shape index (κ1) is 15.0. The van der Waals surface area contributed by atoms with Crippen LogP contribution in [0.1, 0.15) is 19.8 Å². The lowest BCUT2D eigenvalue weighted by molar-refractivity contribution is -0.171. The van der Waals surface area contributed by atoms with Crippen molar-refractivity contribution in [2.45, 2.75) is 31.3 Å². The van der Waals surface area contributed by atoms with Crippen molar-refractivity contribution in [3.63, 3.8) is 0 Å². The molecule has 0 aromatic carbocycles. The molecule has 0 fully saturated rings. The minimum atomic E-state index is -4.86. The van der Waals surface area contributed by atoms with Gasteiger partial charge in [0.25, 0.3) is 0 Å². The number of halogens is 4. The molecule has 0 aromatic heterocycles. The molecule has 0 radical (unpaired) electrons. The van der Waals surface area contributed by atoms with Gasteiger partial charge in [-0.15, -0.1) is 11.6 Å². The van der Waals surface area contributed by atoms with Crippen molar-refractivity contribution in [1.82, 2.24) is 0 Å². The fraction of sp³-hybridized carbons (Fsp3) is 0.556. The average Bonchev–Trinajstić information content (AvgIpc) is 2.12. The maximum absolute atomic E-state index is 11.8. The second-order valence-corrected chi connectivity index (χ2v) is 3.69. The van der Waals surface area contributed by atoms with Crippen LogP contribution in [0, 0.1) is 0 Å². The number of allylic oxidation sites excluding steroid dienone is 1. The highest BCUT2D eigenvalue weighted by molar-refractivity contribution is 6.22. The first-order chi connectivity index (χ1) is 7.14. The van der Waals surface area contributed by atoms with Gasteiger partial charge in [0, 0.05) is 12.0 Å². The molecule has 92 valence electrons. The summed E-state index contributed by atoms with van der Waals surface area (Å²) < 4.78 is 35.4. The molecule has 0 bridgehead atoms. The number of alkyl halides is 4. The maximum atomic E-state index is 11.8. The molecule has 0 rings (SSSR count). The highest BCUT2D eigenvalue weighted by Crippen LogP contribution is 2.20. The molecular weight excluding hydrogens is 249 g/mol. The molecule has 0 amide bonds. The molecule has 0 aromatic rings. The highest BCUT2D eigenvalue weighted by atomic mass is 35.5. The zero-order valence-electron chi connectivity index (χ0n) is 8.34. The van der Waals surface area contributed by atoms with Crippen LogP contribution in [0.2, 0.25) is 0 Å². The van der Waals surface area contributed by atoms with Gasteiger partial charge in [0.2, 0.25) is 5.78 Å². The third kappa shape index (κ3) is 5.75. The lowest BCUT2D eigenvalue weighted by atomic mass is 10.1. The van der Waals surface area contributed by atoms with Crippen LogP contribution in [0.25, 0.3) is 0 Å². The van der Waals surface area contributed by atoms with Crippen molar-refractivity contribution in [1.29, 1.82) is 0 Å². The van der Waals surface area contributed by atoms with E-state index in [0.717, 1.165) is 6.08 Å². The minimum Gasteiger partial charge on any atom is -0.478 e. The van der Waals surface area contributed by atoms with Gasteiger partial charge in [-0.05, 0) is 13.3 Å². The Morgan fingerprint density at radius 1 is 1.44 bits per heavy atom. The highest BCUT2D eigenvalue weighted by Gasteiger charge is 2.37. The number of aliphatic carboxylic acids is 1. The number of hydrogen-bond acceptors (Lipinski definition) is 2. The SMILES string of the molecule is CC(=CC(Cl)CCC(=O)C(F)(F)F)C(=O)O. The van der Waals surface area contributed by atoms with E-state index in [1.807, 2.05) is 0 Å². The van der Waals surface area contributed by atoms with E-state index in [2.05, 4.69) is 0 Å². The summed E-state index contributed by atoms with van der Waals surface area (Å²) in [7, 11) is 0. The predicted octanol–water partition coefficient (Wildman–Crippen LogP) is 2.54. The van der Waals surface area contributed by atoms with E-state index in [1.165, 1.54) is 6.92 Å². The first-order valence-electron chi connectivity index (χ1n) is 4.30. The van der Waals surface area contributed by atoms with Crippen LogP contribution in [-0.2, 0) is 9.59 Å². The summed E-state index contributed by atoms with van der Waals surface area (Å²) in [4.78, 5) is 20.8. The van der Waals surface area contributed by atoms with Crippen molar-refractivity contribution in [3.8, 4) is 0 Å². The van der Waals surface area contributed by atoms with E-state index in [4.69, 9.17) is 16.7 Å². The van der Waals surface area contributed by atoms with Crippen LogP contribution in [0.4, 0.5) is 13.2 Å². The van der Waals surface area contributed by atoms with E-state index in [-0.39, 0.29) is 12.0 Å². The fourth-order valence-corrected chi connectivity index (χ4v) is 1.13. The van der Waals surface area contributed by atoms with Crippen LogP contribution in [0.15, 0.2) is 11.6 Å². The maximum Gasteiger partial charge on any atom is 0.449 e. The Balaban J connectivity index is 4.19. The number of ketones is 1. The Morgan fingerprint density at radius 3 is 2.31 bits per heavy atom. The monoisotopic (exact) mass is 258 g/mol. The second-order valence-electron chi connectivity index (χ2n) is 3.13. The van der Waals surface area contributed by atoms with Crippen molar-refractivity contribution in [2.75, 3.05) is 0 Å². The number of rotatable bonds is 5. The predicted molar refractivity (Wildman–Crippen MR) is 51.3 cm³/mol. The van der Waals surface area contributed by atoms with Crippen molar-refractivity contribution in [2.24, 2.45) is 0 Å². The van der Waals surface area contributed by atoms with Gasteiger partial charge in [-0.1, -0.05) is 6.08 Å². The van der Waals surface area contributed by atoms with Gasteiger partial charge in [0.15, 0.2) is 0 Å². The smallest absolute Gasteiger partial charge is 0.449 e. The van der Waals surface area contributed by atoms with Gasteiger partial charge in [-0.25, -0.2) is 4.79 Å². The average molecular weight is 259 g/mol. The second kappa shape index (κ2) is 5.89. The Labute approximate surface area is 94.9 Å². The zero-order chi connectivity index (χ0) is 12.9. The van der Waals surface area contributed by atoms with E-state index >= 15 is 0 Å². The van der Waals surface area contributed by atoms with E-state index in [9.17, 15) is 22.8 Å². The van der Waals surface area contributed by atoms with Crippen LogP contribution in [0.3, 0.4) is 0 Å². The number of carbonyl (C=O) groups excluding carboxylic acids is 1. The summed E-state index contributed by atoms with van der Waals surface area (Å²) in [5.74, 6) is -3.06. The number of carboxylic acids is 1. The minimum absolute atomic E-state index is 0.0699. The number of hydrogen-bond donors (Lipinski definition) is 1. The van der Waals surface area contributed by atoms with E-state index in [1.54, 1.807) is 0 Å². The van der Waals surface area contributed by atoms with Gasteiger partial charge < -0.3 is 5.11 Å². The van der Waals surface area contributed by atoms with Crippen LogP contribution in [0.5, 0.6) is 0 Å². The molecule has 0 spiro atoms. The molecule has 0 aliphatic carbocycles. The molecule has 0 aliphatic heterocycles. The Kier molecular flexibility index (Phi) is 5.50. The molecule has 0 saturated carbocycles. The molecular formula is C9H10ClF3O3. The Hall–Kier alpha value is -1.04. The normalized spacial score (nSPS) is 14.7. The van der Waals surface area contributed by atoms with Gasteiger partial charge in [0.05, 0.1) is 5.38 Å². The lowest BCUT2D eigenvalue weighted by Gasteiger charge is -2.07. The summed E-state index contributed by atoms with van der Waals surface area (Å²) in [6.45, 7) is 1.27. The molecule has 16 heavy (non-hydrogen) atoms. The summed E-state index contributed by atoms with van der Waals surface area (Å²) in [6, 6.07) is 0. The molecule has 7 heteroatoms. The Morgan fingerprint density at radius 2 is 1.94 bits per heavy atom. The number of carboxylic acid groups (broad SMARTS) is 1. The van der Waals surface area contributed by atoms with Gasteiger partial charge in [0.1, 0.15) is 0 Å². The van der Waals surface area contributed by atoms with Gasteiger partial charge in [-0.2, -0.15) is 13.2 Å². The fourth-order valence-electron chi connectivity index (χ4n) is 0.837. The van der Waals surface area contributed by atoms with Gasteiger partial charge in [-0.3, -0.25) is 4.79 Å². The summed E-state index contributed by atoms with van der Waals surface area (Å²) in [5, 5.41) is 7.56. The molecule has 1 atom stereocenters. The first-order valence-corrected chi connectivity index (χ1v) is 4.74.